The monoisotopic (exact) mass is 198 g/mol. The van der Waals surface area contributed by atoms with E-state index >= 15 is 0 Å². The molecule has 0 heteroatoms. The standard InChI is InChI=1S/C15H18/c1-4-6-7-8-14(5-2)15-11-9-13(3)10-12-15/h4-12H,1-3H3/b6-4-,8-7-,14-5-. The zero-order valence-electron chi connectivity index (χ0n) is 9.70. The maximum Gasteiger partial charge on any atom is -0.0187 e. The fourth-order valence-corrected chi connectivity index (χ4v) is 1.38. The topological polar surface area (TPSA) is 0 Å². The predicted molar refractivity (Wildman–Crippen MR) is 68.8 cm³/mol. The number of allylic oxidation sites excluding steroid dienone is 6. The molecule has 0 aromatic heterocycles. The lowest BCUT2D eigenvalue weighted by Crippen LogP contribution is -1.80. The zero-order valence-corrected chi connectivity index (χ0v) is 9.70. The quantitative estimate of drug-likeness (QED) is 0.626. The van der Waals surface area contributed by atoms with Crippen molar-refractivity contribution >= 4 is 5.57 Å². The van der Waals surface area contributed by atoms with Gasteiger partial charge >= 0.3 is 0 Å². The minimum Gasteiger partial charge on any atom is -0.0877 e. The Morgan fingerprint density at radius 3 is 2.20 bits per heavy atom. The second kappa shape index (κ2) is 6.02. The van der Waals surface area contributed by atoms with Crippen molar-refractivity contribution in [2.45, 2.75) is 20.8 Å². The highest BCUT2D eigenvalue weighted by atomic mass is 14.0. The molecule has 0 radical (unpaired) electrons. The lowest BCUT2D eigenvalue weighted by atomic mass is 10.0. The van der Waals surface area contributed by atoms with Crippen LogP contribution in [0.2, 0.25) is 0 Å². The molecule has 0 atom stereocenters. The Kier molecular flexibility index (Phi) is 4.62. The third-order valence-electron chi connectivity index (χ3n) is 2.28. The molecule has 0 heterocycles. The van der Waals surface area contributed by atoms with Crippen molar-refractivity contribution in [2.24, 2.45) is 0 Å². The normalized spacial score (nSPS) is 12.9. The van der Waals surface area contributed by atoms with Gasteiger partial charge in [0, 0.05) is 0 Å². The van der Waals surface area contributed by atoms with Crippen molar-refractivity contribution in [1.82, 2.24) is 0 Å². The van der Waals surface area contributed by atoms with Crippen molar-refractivity contribution in [3.63, 3.8) is 0 Å². The highest BCUT2D eigenvalue weighted by Crippen LogP contribution is 2.16. The van der Waals surface area contributed by atoms with Gasteiger partial charge < -0.3 is 0 Å². The molecule has 1 aromatic carbocycles. The molecule has 0 fully saturated rings. The van der Waals surface area contributed by atoms with Gasteiger partial charge in [-0.3, -0.25) is 0 Å². The van der Waals surface area contributed by atoms with Gasteiger partial charge in [-0.2, -0.15) is 0 Å². The van der Waals surface area contributed by atoms with E-state index in [1.54, 1.807) is 0 Å². The summed E-state index contributed by atoms with van der Waals surface area (Å²) in [7, 11) is 0. The number of rotatable bonds is 3. The van der Waals surface area contributed by atoms with E-state index in [-0.39, 0.29) is 0 Å². The molecule has 0 nitrogen and oxygen atoms in total. The lowest BCUT2D eigenvalue weighted by Gasteiger charge is -2.01. The van der Waals surface area contributed by atoms with Gasteiger partial charge in [0.2, 0.25) is 0 Å². The van der Waals surface area contributed by atoms with Crippen molar-refractivity contribution in [2.75, 3.05) is 0 Å². The first-order valence-corrected chi connectivity index (χ1v) is 5.30. The Hall–Kier alpha value is -1.56. The maximum atomic E-state index is 2.16. The Labute approximate surface area is 92.6 Å². The van der Waals surface area contributed by atoms with Crippen LogP contribution in [-0.4, -0.2) is 0 Å². The van der Waals surface area contributed by atoms with E-state index in [1.807, 2.05) is 19.1 Å². The summed E-state index contributed by atoms with van der Waals surface area (Å²) < 4.78 is 0. The molecule has 0 aliphatic rings. The molecule has 1 rings (SSSR count). The number of hydrogen-bond donors (Lipinski definition) is 0. The lowest BCUT2D eigenvalue weighted by molar-refractivity contribution is 1.45. The highest BCUT2D eigenvalue weighted by molar-refractivity contribution is 5.74. The summed E-state index contributed by atoms with van der Waals surface area (Å²) in [6.07, 6.45) is 10.4. The number of hydrogen-bond acceptors (Lipinski definition) is 0. The number of benzene rings is 1. The molecule has 78 valence electrons. The van der Waals surface area contributed by atoms with Crippen LogP contribution in [0.4, 0.5) is 0 Å². The van der Waals surface area contributed by atoms with Gasteiger partial charge in [-0.25, -0.2) is 0 Å². The SMILES string of the molecule is C\C=C/C=C\C(=C\C)c1ccc(C)cc1. The van der Waals surface area contributed by atoms with E-state index in [0.29, 0.717) is 0 Å². The summed E-state index contributed by atoms with van der Waals surface area (Å²) >= 11 is 0. The minimum absolute atomic E-state index is 1.26. The Bertz CT molecular complexity index is 375. The highest BCUT2D eigenvalue weighted by Gasteiger charge is 1.94. The van der Waals surface area contributed by atoms with Crippen LogP contribution in [-0.2, 0) is 0 Å². The summed E-state index contributed by atoms with van der Waals surface area (Å²) in [6, 6.07) is 8.60. The predicted octanol–water partition coefficient (Wildman–Crippen LogP) is 4.53. The van der Waals surface area contributed by atoms with E-state index in [0.717, 1.165) is 0 Å². The van der Waals surface area contributed by atoms with Gasteiger partial charge in [-0.15, -0.1) is 0 Å². The minimum atomic E-state index is 1.26. The molecule has 0 bridgehead atoms. The second-order valence-corrected chi connectivity index (χ2v) is 3.49. The summed E-state index contributed by atoms with van der Waals surface area (Å²) in [6.45, 7) is 6.19. The molecular weight excluding hydrogens is 180 g/mol. The van der Waals surface area contributed by atoms with Gasteiger partial charge in [0.05, 0.1) is 0 Å². The third kappa shape index (κ3) is 3.59. The Balaban J connectivity index is 2.89. The summed E-state index contributed by atoms with van der Waals surface area (Å²) in [5.41, 5.74) is 3.82. The summed E-state index contributed by atoms with van der Waals surface area (Å²) in [5.74, 6) is 0. The van der Waals surface area contributed by atoms with Gasteiger partial charge in [0.15, 0.2) is 0 Å². The first kappa shape index (κ1) is 11.5. The molecule has 0 aliphatic heterocycles. The molecule has 15 heavy (non-hydrogen) atoms. The average Bonchev–Trinajstić information content (AvgIpc) is 2.26. The molecule has 1 aromatic rings. The van der Waals surface area contributed by atoms with Crippen LogP contribution in [0, 0.1) is 6.92 Å². The third-order valence-corrected chi connectivity index (χ3v) is 2.28. The van der Waals surface area contributed by atoms with Crippen LogP contribution in [0.1, 0.15) is 25.0 Å². The van der Waals surface area contributed by atoms with Crippen LogP contribution < -0.4 is 0 Å². The van der Waals surface area contributed by atoms with Crippen LogP contribution in [0.25, 0.3) is 5.57 Å². The van der Waals surface area contributed by atoms with Crippen molar-refractivity contribution in [3.05, 3.63) is 65.8 Å². The Morgan fingerprint density at radius 1 is 1.00 bits per heavy atom. The van der Waals surface area contributed by atoms with Crippen LogP contribution >= 0.6 is 0 Å². The molecule has 0 unspecified atom stereocenters. The fraction of sp³-hybridized carbons (Fsp3) is 0.200. The fourth-order valence-electron chi connectivity index (χ4n) is 1.38. The second-order valence-electron chi connectivity index (χ2n) is 3.49. The van der Waals surface area contributed by atoms with E-state index in [9.17, 15) is 0 Å². The van der Waals surface area contributed by atoms with Crippen molar-refractivity contribution in [1.29, 1.82) is 0 Å². The first-order valence-electron chi connectivity index (χ1n) is 5.30. The van der Waals surface area contributed by atoms with Gasteiger partial charge in [-0.1, -0.05) is 60.2 Å². The maximum absolute atomic E-state index is 2.16. The molecule has 0 spiro atoms. The Morgan fingerprint density at radius 2 is 1.67 bits per heavy atom. The molecule has 0 N–H and O–H groups in total. The van der Waals surface area contributed by atoms with Gasteiger partial charge in [0.1, 0.15) is 0 Å². The summed E-state index contributed by atoms with van der Waals surface area (Å²) in [5, 5.41) is 0. The average molecular weight is 198 g/mol. The largest absolute Gasteiger partial charge is 0.0877 e. The molecule has 0 saturated carbocycles. The molecule has 0 amide bonds. The van der Waals surface area contributed by atoms with E-state index < -0.39 is 0 Å². The van der Waals surface area contributed by atoms with Gasteiger partial charge in [0.25, 0.3) is 0 Å². The van der Waals surface area contributed by atoms with E-state index in [4.69, 9.17) is 0 Å². The first-order chi connectivity index (χ1) is 7.27. The van der Waals surface area contributed by atoms with E-state index in [2.05, 4.69) is 56.3 Å². The molecular formula is C15H18. The molecule has 0 aliphatic carbocycles. The smallest absolute Gasteiger partial charge is 0.0187 e. The van der Waals surface area contributed by atoms with Gasteiger partial charge in [-0.05, 0) is 31.9 Å². The van der Waals surface area contributed by atoms with Crippen molar-refractivity contribution in [3.8, 4) is 0 Å². The van der Waals surface area contributed by atoms with Crippen LogP contribution in [0.5, 0.6) is 0 Å². The van der Waals surface area contributed by atoms with Crippen LogP contribution in [0.15, 0.2) is 54.6 Å². The van der Waals surface area contributed by atoms with Crippen LogP contribution in [0.3, 0.4) is 0 Å². The van der Waals surface area contributed by atoms with Crippen molar-refractivity contribution < 1.29 is 0 Å². The van der Waals surface area contributed by atoms with E-state index in [1.165, 1.54) is 16.7 Å². The zero-order chi connectivity index (χ0) is 11.1. The molecule has 0 saturated heterocycles. The number of aryl methyl sites for hydroxylation is 1. The summed E-state index contributed by atoms with van der Waals surface area (Å²) in [4.78, 5) is 0.